The summed E-state index contributed by atoms with van der Waals surface area (Å²) in [5, 5.41) is 24.1. The molecule has 0 bridgehead atoms. The first-order valence-corrected chi connectivity index (χ1v) is 50.9. The Morgan fingerprint density at radius 2 is 0.479 bits per heavy atom. The number of hydrogen-bond donors (Lipinski definition) is 0. The highest BCUT2D eigenvalue weighted by Crippen LogP contribution is 2.68. The maximum atomic E-state index is 2.62. The van der Waals surface area contributed by atoms with Crippen molar-refractivity contribution in [2.75, 3.05) is 9.80 Å². The zero-order valence-corrected chi connectivity index (χ0v) is 79.4. The van der Waals surface area contributed by atoms with E-state index in [2.05, 4.69) is 541 Å². The quantitative estimate of drug-likeness (QED) is 0.120. The van der Waals surface area contributed by atoms with Crippen molar-refractivity contribution in [3.8, 4) is 89.3 Å². The van der Waals surface area contributed by atoms with Gasteiger partial charge in [0.15, 0.2) is 0 Å². The molecule has 0 saturated heterocycles. The van der Waals surface area contributed by atoms with Gasteiger partial charge in [-0.25, -0.2) is 0 Å². The van der Waals surface area contributed by atoms with E-state index in [9.17, 15) is 0 Å². The lowest BCUT2D eigenvalue weighted by molar-refractivity contribution is 0.794. The number of rotatable bonds is 11. The third-order valence-electron chi connectivity index (χ3n) is 33.2. The molecule has 4 nitrogen and oxygen atoms in total. The molecule has 0 unspecified atom stereocenters. The molecule has 4 aliphatic rings. The molecular weight excluding hydrogens is 1760 g/mol. The zero-order chi connectivity index (χ0) is 95.3. The van der Waals surface area contributed by atoms with Crippen LogP contribution in [0.15, 0.2) is 522 Å². The molecule has 2 spiro atoms. The number of nitrogens with zero attached hydrogens (tertiary/aromatic N) is 4. The summed E-state index contributed by atoms with van der Waals surface area (Å²) >= 11 is 0. The van der Waals surface area contributed by atoms with E-state index in [0.29, 0.717) is 0 Å². The van der Waals surface area contributed by atoms with Crippen molar-refractivity contribution in [3.05, 3.63) is 566 Å². The van der Waals surface area contributed by atoms with E-state index in [4.69, 9.17) is 0 Å². The lowest BCUT2D eigenvalue weighted by Gasteiger charge is -2.33. The van der Waals surface area contributed by atoms with Gasteiger partial charge < -0.3 is 18.9 Å². The van der Waals surface area contributed by atoms with Gasteiger partial charge in [0, 0.05) is 77.6 Å². The second kappa shape index (κ2) is 30.8. The number of hydrogen-bond acceptors (Lipinski definition) is 2. The van der Waals surface area contributed by atoms with Crippen molar-refractivity contribution in [1.82, 2.24) is 9.13 Å². The highest BCUT2D eigenvalue weighted by Gasteiger charge is 2.54. The van der Waals surface area contributed by atoms with Gasteiger partial charge in [0.2, 0.25) is 0 Å². The summed E-state index contributed by atoms with van der Waals surface area (Å²) in [7, 11) is 0. The topological polar surface area (TPSA) is 16.3 Å². The summed E-state index contributed by atoms with van der Waals surface area (Å²) < 4.78 is 5.03. The molecule has 0 radical (unpaired) electrons. The largest absolute Gasteiger partial charge is 0.310 e. The Hall–Kier alpha value is -19.0. The van der Waals surface area contributed by atoms with Crippen molar-refractivity contribution in [2.45, 2.75) is 10.8 Å². The average molecular weight is 1850 g/mol. The maximum absolute atomic E-state index is 2.62. The summed E-state index contributed by atoms with van der Waals surface area (Å²) in [5.41, 5.74) is 39.5. The van der Waals surface area contributed by atoms with Gasteiger partial charge in [-0.1, -0.05) is 394 Å². The minimum atomic E-state index is -0.629. The Morgan fingerprint density at radius 3 is 0.973 bits per heavy atom. The third-order valence-corrected chi connectivity index (χ3v) is 33.2. The van der Waals surface area contributed by atoms with Crippen molar-refractivity contribution < 1.29 is 0 Å². The van der Waals surface area contributed by atoms with E-state index in [-0.39, 0.29) is 0 Å². The molecule has 674 valence electrons. The summed E-state index contributed by atoms with van der Waals surface area (Å²) in [6.45, 7) is 0. The van der Waals surface area contributed by atoms with Gasteiger partial charge in [0.05, 0.1) is 44.3 Å². The number of anilines is 6. The van der Waals surface area contributed by atoms with Crippen LogP contribution in [0.4, 0.5) is 34.1 Å². The number of fused-ring (bicyclic) bond motifs is 42. The molecule has 0 fully saturated rings. The summed E-state index contributed by atoms with van der Waals surface area (Å²) in [6.07, 6.45) is 0. The molecule has 2 heterocycles. The normalized spacial score (nSPS) is 13.2. The number of benzene rings is 26. The monoisotopic (exact) mass is 1850 g/mol. The second-order valence-corrected chi connectivity index (χ2v) is 40.2. The van der Waals surface area contributed by atoms with Gasteiger partial charge in [-0.3, -0.25) is 0 Å². The first kappa shape index (κ1) is 80.8. The Bertz CT molecular complexity index is 10400. The predicted octanol–water partition coefficient (Wildman–Crippen LogP) is 37.7. The lowest BCUT2D eigenvalue weighted by atomic mass is 9.70. The molecule has 4 aliphatic carbocycles. The molecular formula is C142H86N4. The summed E-state index contributed by atoms with van der Waals surface area (Å²) in [4.78, 5) is 5.14. The van der Waals surface area contributed by atoms with E-state index in [0.717, 1.165) is 89.8 Å². The van der Waals surface area contributed by atoms with Crippen LogP contribution in [0.25, 0.3) is 219 Å². The average Bonchev–Trinajstić information content (AvgIpc) is 1.50. The fourth-order valence-electron chi connectivity index (χ4n) is 27.3. The van der Waals surface area contributed by atoms with Gasteiger partial charge >= 0.3 is 0 Å². The molecule has 0 saturated carbocycles. The third kappa shape index (κ3) is 11.1. The Labute approximate surface area is 843 Å². The van der Waals surface area contributed by atoms with Crippen LogP contribution in [0.1, 0.15) is 44.5 Å². The van der Waals surface area contributed by atoms with E-state index in [1.54, 1.807) is 0 Å². The Kier molecular flexibility index (Phi) is 17.0. The highest BCUT2D eigenvalue weighted by atomic mass is 15.2. The van der Waals surface area contributed by atoms with Gasteiger partial charge in [0.1, 0.15) is 0 Å². The van der Waals surface area contributed by atoms with Crippen molar-refractivity contribution in [1.29, 1.82) is 0 Å². The minimum absolute atomic E-state index is 0.596. The van der Waals surface area contributed by atoms with Crippen molar-refractivity contribution in [3.63, 3.8) is 0 Å². The smallest absolute Gasteiger partial charge is 0.0726 e. The fourth-order valence-corrected chi connectivity index (χ4v) is 27.3. The van der Waals surface area contributed by atoms with Crippen LogP contribution >= 0.6 is 0 Å². The van der Waals surface area contributed by atoms with Crippen LogP contribution in [-0.2, 0) is 10.8 Å². The molecule has 2 aromatic heterocycles. The molecule has 146 heavy (non-hydrogen) atoms. The van der Waals surface area contributed by atoms with E-state index >= 15 is 0 Å². The first-order chi connectivity index (χ1) is 72.5. The zero-order valence-electron chi connectivity index (χ0n) is 79.4. The molecule has 28 aromatic rings. The SMILES string of the molecule is c1ccc(N(c2ccc3c4ccccc4c4ccccc4c3c2)c2cc3c(cc2-c2ccc4c(ccc5c6cc(-c7ccc8c9ccccc9c9cc(N(c%10ccccc%10)c%10cc%11c(cc%10-c%10cccc%12ccc%13c%14ccccc%14n(-c%14ccccc%14)c%13c%10%12)-c%10ccccc%10C%11%10c%11ccccc%11-c%11ccccc%11%10)ccc9c8c7)ccc6n(-c6ccccc6)c45)c2)-c2ccccc2C32c3ccccc3-c3ccccc32)cc1. The van der Waals surface area contributed by atoms with Gasteiger partial charge in [-0.15, -0.1) is 0 Å². The fraction of sp³-hybridized carbons (Fsp3) is 0.0141. The predicted molar refractivity (Wildman–Crippen MR) is 613 cm³/mol. The van der Waals surface area contributed by atoms with E-state index in [1.807, 2.05) is 0 Å². The summed E-state index contributed by atoms with van der Waals surface area (Å²) in [5.74, 6) is 0. The first-order valence-electron chi connectivity index (χ1n) is 50.9. The van der Waals surface area contributed by atoms with Gasteiger partial charge in [-0.05, 0) is 314 Å². The van der Waals surface area contributed by atoms with Crippen LogP contribution < -0.4 is 9.80 Å². The maximum Gasteiger partial charge on any atom is 0.0726 e. The van der Waals surface area contributed by atoms with Crippen LogP contribution in [-0.4, -0.2) is 9.13 Å². The molecule has 26 aromatic carbocycles. The van der Waals surface area contributed by atoms with E-state index in [1.165, 1.54) is 208 Å². The minimum Gasteiger partial charge on any atom is -0.310 e. The van der Waals surface area contributed by atoms with Crippen LogP contribution in [0.2, 0.25) is 0 Å². The lowest BCUT2D eigenvalue weighted by Crippen LogP contribution is -2.26. The van der Waals surface area contributed by atoms with Crippen LogP contribution in [0.5, 0.6) is 0 Å². The van der Waals surface area contributed by atoms with Gasteiger partial charge in [0.25, 0.3) is 0 Å². The van der Waals surface area contributed by atoms with E-state index < -0.39 is 10.8 Å². The number of para-hydroxylation sites is 5. The second-order valence-electron chi connectivity index (χ2n) is 40.2. The van der Waals surface area contributed by atoms with Crippen LogP contribution in [0.3, 0.4) is 0 Å². The summed E-state index contributed by atoms with van der Waals surface area (Å²) in [6, 6.07) is 199. The van der Waals surface area contributed by atoms with Gasteiger partial charge in [-0.2, -0.15) is 0 Å². The van der Waals surface area contributed by atoms with Crippen molar-refractivity contribution in [2.24, 2.45) is 0 Å². The molecule has 0 aliphatic heterocycles. The van der Waals surface area contributed by atoms with Crippen molar-refractivity contribution >= 4 is 164 Å². The highest BCUT2D eigenvalue weighted by molar-refractivity contribution is 6.30. The Balaban J connectivity index is 0.584. The standard InChI is InChI=1S/C142H86N4/c1-5-35-92(36-6-1)143(96-69-75-106-101-45-14-13-43-99(101)100-44-15-17-47-103(100)120(106)81-96)136-85-132-122(112-53-23-30-61-130(112)141(132)126-57-26-19-49-108(126)109-50-20-27-58-127(109)141)83-118(136)91-66-71-98-90(78-91)67-74-117-124-80-89(68-77-135(124)145(139(98)117)94-39-9-3-10-40-94)88-65-72-105-102-46-16-18-48-104(102)121-82-97(70-76-107(121)119(105)79-88)144(93-37-7-2-8-38-93)137-86-133-123(113-54-24-31-62-131(113)142(133)128-59-28-21-51-110(128)111-52-22-29-60-129(111)142)84-125(137)115-56-33-34-87-64-73-116-114-55-25-32-63-134(114)146(140(116)138(87)115)95-41-11-4-12-42-95/h1-86H. The Morgan fingerprint density at radius 1 is 0.151 bits per heavy atom. The number of aromatic nitrogens is 2. The molecule has 0 amide bonds. The molecule has 32 rings (SSSR count). The van der Waals surface area contributed by atoms with Crippen LogP contribution in [0, 0.1) is 0 Å². The molecule has 0 N–H and O–H groups in total. The molecule has 0 atom stereocenters. The molecule has 4 heteroatoms.